The van der Waals surface area contributed by atoms with E-state index in [-0.39, 0.29) is 6.10 Å². The average molecular weight is 180 g/mol. The Hall–Kier alpha value is 0.210. The Balaban J connectivity index is 3.58. The van der Waals surface area contributed by atoms with E-state index in [1.807, 2.05) is 0 Å². The molecule has 0 N–H and O–H groups in total. The van der Waals surface area contributed by atoms with Crippen LogP contribution in [0, 0.1) is 0 Å². The molecule has 2 unspecified atom stereocenters. The van der Waals surface area contributed by atoms with Gasteiger partial charge in [-0.05, 0) is 20.9 Å². The molecule has 0 aliphatic heterocycles. The molecule has 0 fully saturated rings. The van der Waals surface area contributed by atoms with E-state index in [4.69, 9.17) is 16.3 Å². The zero-order valence-corrected chi connectivity index (χ0v) is 8.56. The van der Waals surface area contributed by atoms with Gasteiger partial charge in [0, 0.05) is 25.6 Å². The number of hydrogen-bond donors (Lipinski definition) is 0. The molecule has 2 atom stereocenters. The standard InChI is InChI=1S/C8H18ClNO/c1-7(5-9)10(3)6-8(2)11-4/h7-8H,5-6H2,1-4H3. The molecule has 3 heteroatoms. The Morgan fingerprint density at radius 2 is 2.00 bits per heavy atom. The fourth-order valence-corrected chi connectivity index (χ4v) is 1.01. The van der Waals surface area contributed by atoms with Crippen molar-refractivity contribution in [3.63, 3.8) is 0 Å². The number of likely N-dealkylation sites (N-methyl/N-ethyl adjacent to an activating group) is 1. The molecule has 0 aliphatic carbocycles. The van der Waals surface area contributed by atoms with Crippen molar-refractivity contribution in [1.29, 1.82) is 0 Å². The fraction of sp³-hybridized carbons (Fsp3) is 1.00. The fourth-order valence-electron chi connectivity index (χ4n) is 0.778. The van der Waals surface area contributed by atoms with E-state index in [1.165, 1.54) is 0 Å². The van der Waals surface area contributed by atoms with E-state index >= 15 is 0 Å². The Bertz CT molecular complexity index is 100. The van der Waals surface area contributed by atoms with Crippen molar-refractivity contribution in [2.24, 2.45) is 0 Å². The topological polar surface area (TPSA) is 12.5 Å². The molecule has 0 heterocycles. The summed E-state index contributed by atoms with van der Waals surface area (Å²) in [7, 11) is 3.78. The number of ether oxygens (including phenoxy) is 1. The smallest absolute Gasteiger partial charge is 0.0670 e. The second-order valence-corrected chi connectivity index (χ2v) is 3.30. The molecule has 0 saturated carbocycles. The minimum absolute atomic E-state index is 0.283. The summed E-state index contributed by atoms with van der Waals surface area (Å²) in [5.74, 6) is 0.674. The predicted octanol–water partition coefficient (Wildman–Crippen LogP) is 1.58. The second-order valence-electron chi connectivity index (χ2n) is 2.99. The number of rotatable bonds is 5. The zero-order valence-electron chi connectivity index (χ0n) is 7.80. The lowest BCUT2D eigenvalue weighted by Gasteiger charge is -2.25. The minimum atomic E-state index is 0.283. The van der Waals surface area contributed by atoms with E-state index in [2.05, 4.69) is 25.8 Å². The highest BCUT2D eigenvalue weighted by atomic mass is 35.5. The molecule has 2 nitrogen and oxygen atoms in total. The van der Waals surface area contributed by atoms with Gasteiger partial charge in [-0.2, -0.15) is 0 Å². The van der Waals surface area contributed by atoms with Crippen molar-refractivity contribution < 1.29 is 4.74 Å². The van der Waals surface area contributed by atoms with Crippen molar-refractivity contribution in [1.82, 2.24) is 4.90 Å². The van der Waals surface area contributed by atoms with Crippen LogP contribution in [0.2, 0.25) is 0 Å². The molecule has 0 aliphatic rings. The van der Waals surface area contributed by atoms with Crippen LogP contribution in [0.1, 0.15) is 13.8 Å². The van der Waals surface area contributed by atoms with Crippen LogP contribution < -0.4 is 0 Å². The molecule has 0 bridgehead atoms. The first kappa shape index (κ1) is 11.2. The van der Waals surface area contributed by atoms with Gasteiger partial charge in [0.25, 0.3) is 0 Å². The Morgan fingerprint density at radius 3 is 2.36 bits per heavy atom. The maximum Gasteiger partial charge on any atom is 0.0670 e. The summed E-state index contributed by atoms with van der Waals surface area (Å²) in [6.45, 7) is 5.09. The van der Waals surface area contributed by atoms with Gasteiger partial charge in [0.15, 0.2) is 0 Å². The summed E-state index contributed by atoms with van der Waals surface area (Å²) in [6, 6.07) is 0.425. The van der Waals surface area contributed by atoms with Gasteiger partial charge < -0.3 is 4.74 Å². The van der Waals surface area contributed by atoms with E-state index < -0.39 is 0 Å². The Kier molecular flexibility index (Phi) is 5.92. The van der Waals surface area contributed by atoms with Crippen LogP contribution in [-0.4, -0.2) is 43.6 Å². The molecule has 0 saturated heterocycles. The summed E-state index contributed by atoms with van der Waals surface area (Å²) >= 11 is 5.69. The van der Waals surface area contributed by atoms with Gasteiger partial charge in [-0.1, -0.05) is 0 Å². The highest BCUT2D eigenvalue weighted by Gasteiger charge is 2.10. The molecule has 0 aromatic heterocycles. The lowest BCUT2D eigenvalue weighted by molar-refractivity contribution is 0.0771. The number of halogens is 1. The summed E-state index contributed by atoms with van der Waals surface area (Å²) in [5.41, 5.74) is 0. The van der Waals surface area contributed by atoms with Crippen molar-refractivity contribution in [2.45, 2.75) is 26.0 Å². The predicted molar refractivity (Wildman–Crippen MR) is 49.3 cm³/mol. The van der Waals surface area contributed by atoms with Crippen LogP contribution >= 0.6 is 11.6 Å². The molecular weight excluding hydrogens is 162 g/mol. The quantitative estimate of drug-likeness (QED) is 0.595. The second kappa shape index (κ2) is 5.81. The van der Waals surface area contributed by atoms with Gasteiger partial charge in [-0.15, -0.1) is 11.6 Å². The van der Waals surface area contributed by atoms with Crippen molar-refractivity contribution in [3.8, 4) is 0 Å². The largest absolute Gasteiger partial charge is 0.380 e. The number of hydrogen-bond acceptors (Lipinski definition) is 2. The summed E-state index contributed by atoms with van der Waals surface area (Å²) in [4.78, 5) is 2.20. The number of nitrogens with zero attached hydrogens (tertiary/aromatic N) is 1. The van der Waals surface area contributed by atoms with Gasteiger partial charge >= 0.3 is 0 Å². The third kappa shape index (κ3) is 4.62. The van der Waals surface area contributed by atoms with Gasteiger partial charge in [0.05, 0.1) is 6.10 Å². The minimum Gasteiger partial charge on any atom is -0.380 e. The van der Waals surface area contributed by atoms with Crippen LogP contribution in [0.15, 0.2) is 0 Å². The van der Waals surface area contributed by atoms with E-state index in [0.717, 1.165) is 6.54 Å². The molecule has 0 aromatic carbocycles. The average Bonchev–Trinajstić information content (AvgIpc) is 2.02. The van der Waals surface area contributed by atoms with Crippen LogP contribution in [-0.2, 0) is 4.74 Å². The van der Waals surface area contributed by atoms with Gasteiger partial charge in [0.2, 0.25) is 0 Å². The van der Waals surface area contributed by atoms with Crippen molar-refractivity contribution in [3.05, 3.63) is 0 Å². The maximum atomic E-state index is 5.69. The van der Waals surface area contributed by atoms with Crippen LogP contribution in [0.25, 0.3) is 0 Å². The summed E-state index contributed by atoms with van der Waals surface area (Å²) in [5, 5.41) is 0. The summed E-state index contributed by atoms with van der Waals surface area (Å²) < 4.78 is 5.13. The molecular formula is C8H18ClNO. The molecule has 0 aromatic rings. The Labute approximate surface area is 74.5 Å². The molecule has 0 radical (unpaired) electrons. The van der Waals surface area contributed by atoms with Gasteiger partial charge in [-0.3, -0.25) is 4.90 Å². The zero-order chi connectivity index (χ0) is 8.85. The van der Waals surface area contributed by atoms with Gasteiger partial charge in [-0.25, -0.2) is 0 Å². The first-order valence-corrected chi connectivity index (χ1v) is 4.44. The maximum absolute atomic E-state index is 5.69. The van der Waals surface area contributed by atoms with Crippen LogP contribution in [0.3, 0.4) is 0 Å². The van der Waals surface area contributed by atoms with E-state index in [0.29, 0.717) is 11.9 Å². The Morgan fingerprint density at radius 1 is 1.45 bits per heavy atom. The third-order valence-corrected chi connectivity index (χ3v) is 2.37. The lowest BCUT2D eigenvalue weighted by Crippen LogP contribution is -2.36. The first-order chi connectivity index (χ1) is 5.11. The lowest BCUT2D eigenvalue weighted by atomic mass is 10.3. The molecule has 68 valence electrons. The van der Waals surface area contributed by atoms with Crippen LogP contribution in [0.5, 0.6) is 0 Å². The number of alkyl halides is 1. The van der Waals surface area contributed by atoms with Gasteiger partial charge in [0.1, 0.15) is 0 Å². The molecule has 0 amide bonds. The van der Waals surface area contributed by atoms with Crippen LogP contribution in [0.4, 0.5) is 0 Å². The summed E-state index contributed by atoms with van der Waals surface area (Å²) in [6.07, 6.45) is 0.283. The SMILES string of the molecule is COC(C)CN(C)C(C)CCl. The normalized spacial score (nSPS) is 16.9. The monoisotopic (exact) mass is 179 g/mol. The number of methoxy groups -OCH3 is 1. The first-order valence-electron chi connectivity index (χ1n) is 3.90. The van der Waals surface area contributed by atoms with Crippen molar-refractivity contribution >= 4 is 11.6 Å². The molecule has 0 spiro atoms. The highest BCUT2D eigenvalue weighted by Crippen LogP contribution is 2.00. The van der Waals surface area contributed by atoms with E-state index in [1.54, 1.807) is 7.11 Å². The third-order valence-electron chi connectivity index (χ3n) is 1.92. The van der Waals surface area contributed by atoms with Crippen molar-refractivity contribution in [2.75, 3.05) is 26.6 Å². The highest BCUT2D eigenvalue weighted by molar-refractivity contribution is 6.18. The molecule has 0 rings (SSSR count). The molecule has 11 heavy (non-hydrogen) atoms. The van der Waals surface area contributed by atoms with E-state index in [9.17, 15) is 0 Å².